The minimum atomic E-state index is -0.257. The molecule has 1 fully saturated rings. The molecule has 1 aromatic rings. The van der Waals surface area contributed by atoms with Gasteiger partial charge in [-0.1, -0.05) is 0 Å². The van der Waals surface area contributed by atoms with Crippen LogP contribution in [0, 0.1) is 0 Å². The number of anilines is 2. The van der Waals surface area contributed by atoms with Crippen LogP contribution in [0.15, 0.2) is 18.3 Å². The van der Waals surface area contributed by atoms with Crippen molar-refractivity contribution in [2.75, 3.05) is 36.5 Å². The minimum absolute atomic E-state index is 0.0467. The SMILES string of the molecule is CCNc1cc(N2CC(CO)OC(C)(C)C2)ccn1. The van der Waals surface area contributed by atoms with Gasteiger partial charge in [0.2, 0.25) is 0 Å². The number of hydrogen-bond donors (Lipinski definition) is 2. The summed E-state index contributed by atoms with van der Waals surface area (Å²) in [6.07, 6.45) is 1.67. The number of hydrogen-bond acceptors (Lipinski definition) is 5. The fraction of sp³-hybridized carbons (Fsp3) is 0.643. The Morgan fingerprint density at radius 2 is 2.37 bits per heavy atom. The van der Waals surface area contributed by atoms with E-state index < -0.39 is 0 Å². The number of aromatic nitrogens is 1. The lowest BCUT2D eigenvalue weighted by Gasteiger charge is -2.43. The maximum Gasteiger partial charge on any atom is 0.127 e. The highest BCUT2D eigenvalue weighted by atomic mass is 16.5. The molecule has 0 spiro atoms. The molecule has 0 saturated carbocycles. The van der Waals surface area contributed by atoms with Crippen LogP contribution in [-0.4, -0.2) is 48.0 Å². The van der Waals surface area contributed by atoms with Crippen molar-refractivity contribution in [2.24, 2.45) is 0 Å². The van der Waals surface area contributed by atoms with Crippen LogP contribution in [-0.2, 0) is 4.74 Å². The predicted octanol–water partition coefficient (Wildman–Crippen LogP) is 1.49. The smallest absolute Gasteiger partial charge is 0.127 e. The molecule has 1 aromatic heterocycles. The topological polar surface area (TPSA) is 57.6 Å². The zero-order valence-corrected chi connectivity index (χ0v) is 11.9. The molecule has 1 saturated heterocycles. The van der Waals surface area contributed by atoms with Crippen molar-refractivity contribution in [2.45, 2.75) is 32.5 Å². The third-order valence-electron chi connectivity index (χ3n) is 3.15. The quantitative estimate of drug-likeness (QED) is 0.864. The largest absolute Gasteiger partial charge is 0.394 e. The number of rotatable bonds is 4. The lowest BCUT2D eigenvalue weighted by molar-refractivity contribution is -0.101. The van der Waals surface area contributed by atoms with Crippen LogP contribution in [0.5, 0.6) is 0 Å². The molecule has 0 bridgehead atoms. The molecule has 1 atom stereocenters. The molecule has 5 nitrogen and oxygen atoms in total. The molecule has 1 unspecified atom stereocenters. The Bertz CT molecular complexity index is 423. The Hall–Kier alpha value is -1.33. The van der Waals surface area contributed by atoms with Crippen LogP contribution in [0.4, 0.5) is 11.5 Å². The molecule has 0 amide bonds. The summed E-state index contributed by atoms with van der Waals surface area (Å²) >= 11 is 0. The molecule has 19 heavy (non-hydrogen) atoms. The number of aliphatic hydroxyl groups excluding tert-OH is 1. The number of aliphatic hydroxyl groups is 1. The summed E-state index contributed by atoms with van der Waals surface area (Å²) in [7, 11) is 0. The second-order valence-electron chi connectivity index (χ2n) is 5.49. The van der Waals surface area contributed by atoms with Gasteiger partial charge in [0.05, 0.1) is 18.3 Å². The van der Waals surface area contributed by atoms with Crippen molar-refractivity contribution < 1.29 is 9.84 Å². The first kappa shape index (κ1) is 14.1. The third-order valence-corrected chi connectivity index (χ3v) is 3.15. The highest BCUT2D eigenvalue weighted by Gasteiger charge is 2.33. The maximum atomic E-state index is 9.35. The van der Waals surface area contributed by atoms with Crippen LogP contribution in [0.2, 0.25) is 0 Å². The maximum absolute atomic E-state index is 9.35. The van der Waals surface area contributed by atoms with Gasteiger partial charge in [-0.3, -0.25) is 0 Å². The molecule has 1 aliphatic heterocycles. The first-order chi connectivity index (χ1) is 9.04. The van der Waals surface area contributed by atoms with Gasteiger partial charge >= 0.3 is 0 Å². The van der Waals surface area contributed by atoms with E-state index in [0.29, 0.717) is 6.54 Å². The molecule has 0 radical (unpaired) electrons. The van der Waals surface area contributed by atoms with Crippen molar-refractivity contribution in [3.63, 3.8) is 0 Å². The molecule has 0 aliphatic carbocycles. The van der Waals surface area contributed by atoms with Gasteiger partial charge in [0.15, 0.2) is 0 Å². The second-order valence-corrected chi connectivity index (χ2v) is 5.49. The van der Waals surface area contributed by atoms with Crippen molar-refractivity contribution in [1.82, 2.24) is 4.98 Å². The Kier molecular flexibility index (Phi) is 4.27. The Balaban J connectivity index is 2.17. The van der Waals surface area contributed by atoms with Gasteiger partial charge in [0.25, 0.3) is 0 Å². The van der Waals surface area contributed by atoms with Crippen LogP contribution >= 0.6 is 0 Å². The van der Waals surface area contributed by atoms with Crippen molar-refractivity contribution in [3.8, 4) is 0 Å². The fourth-order valence-corrected chi connectivity index (χ4v) is 2.48. The third kappa shape index (κ3) is 3.58. The van der Waals surface area contributed by atoms with Gasteiger partial charge in [-0.2, -0.15) is 0 Å². The summed E-state index contributed by atoms with van der Waals surface area (Å²) in [4.78, 5) is 6.52. The zero-order chi connectivity index (χ0) is 13.9. The summed E-state index contributed by atoms with van der Waals surface area (Å²) in [6, 6.07) is 4.04. The number of nitrogens with one attached hydrogen (secondary N) is 1. The number of ether oxygens (including phenoxy) is 1. The standard InChI is InChI=1S/C14H23N3O2/c1-4-15-13-7-11(5-6-16-13)17-8-12(9-18)19-14(2,3)10-17/h5-7,12,18H,4,8-10H2,1-3H3,(H,15,16). The van der Waals surface area contributed by atoms with E-state index in [9.17, 15) is 5.11 Å². The van der Waals surface area contributed by atoms with Crippen LogP contribution in [0.25, 0.3) is 0 Å². The molecule has 2 heterocycles. The molecule has 2 rings (SSSR count). The average molecular weight is 265 g/mol. The number of pyridine rings is 1. The monoisotopic (exact) mass is 265 g/mol. The van der Waals surface area contributed by atoms with Crippen molar-refractivity contribution in [3.05, 3.63) is 18.3 Å². The first-order valence-corrected chi connectivity index (χ1v) is 6.77. The molecule has 106 valence electrons. The number of morpholine rings is 1. The van der Waals surface area contributed by atoms with E-state index in [1.807, 2.05) is 39.1 Å². The van der Waals surface area contributed by atoms with E-state index in [1.165, 1.54) is 0 Å². The highest BCUT2D eigenvalue weighted by molar-refractivity contribution is 5.54. The van der Waals surface area contributed by atoms with E-state index in [4.69, 9.17) is 4.74 Å². The van der Waals surface area contributed by atoms with E-state index in [0.717, 1.165) is 24.6 Å². The van der Waals surface area contributed by atoms with Gasteiger partial charge in [-0.25, -0.2) is 4.98 Å². The summed E-state index contributed by atoms with van der Waals surface area (Å²) < 4.78 is 5.83. The van der Waals surface area contributed by atoms with Crippen LogP contribution < -0.4 is 10.2 Å². The lowest BCUT2D eigenvalue weighted by Crippen LogP contribution is -2.54. The first-order valence-electron chi connectivity index (χ1n) is 6.77. The lowest BCUT2D eigenvalue weighted by atomic mass is 10.0. The Morgan fingerprint density at radius 1 is 1.58 bits per heavy atom. The second kappa shape index (κ2) is 5.75. The molecule has 1 aliphatic rings. The number of nitrogens with zero attached hydrogens (tertiary/aromatic N) is 2. The van der Waals surface area contributed by atoms with Gasteiger partial charge < -0.3 is 20.1 Å². The predicted molar refractivity (Wildman–Crippen MR) is 76.7 cm³/mol. The molecular formula is C14H23N3O2. The Labute approximate surface area is 114 Å². The molecule has 2 N–H and O–H groups in total. The Morgan fingerprint density at radius 3 is 3.05 bits per heavy atom. The van der Waals surface area contributed by atoms with Gasteiger partial charge in [-0.05, 0) is 26.8 Å². The highest BCUT2D eigenvalue weighted by Crippen LogP contribution is 2.26. The van der Waals surface area contributed by atoms with Crippen molar-refractivity contribution >= 4 is 11.5 Å². The van der Waals surface area contributed by atoms with E-state index in [-0.39, 0.29) is 18.3 Å². The van der Waals surface area contributed by atoms with Crippen LogP contribution in [0.1, 0.15) is 20.8 Å². The molecule has 5 heteroatoms. The summed E-state index contributed by atoms with van der Waals surface area (Å²) in [5, 5.41) is 12.6. The normalized spacial score (nSPS) is 22.3. The zero-order valence-electron chi connectivity index (χ0n) is 11.9. The average Bonchev–Trinajstić information content (AvgIpc) is 2.37. The van der Waals surface area contributed by atoms with E-state index in [1.54, 1.807) is 0 Å². The molecule has 0 aromatic carbocycles. The van der Waals surface area contributed by atoms with Crippen molar-refractivity contribution in [1.29, 1.82) is 0 Å². The molecular weight excluding hydrogens is 242 g/mol. The summed E-state index contributed by atoms with van der Waals surface area (Å²) in [5.41, 5.74) is 0.855. The minimum Gasteiger partial charge on any atom is -0.394 e. The van der Waals surface area contributed by atoms with Crippen LogP contribution in [0.3, 0.4) is 0 Å². The summed E-state index contributed by atoms with van der Waals surface area (Å²) in [6.45, 7) is 8.56. The summed E-state index contributed by atoms with van der Waals surface area (Å²) in [5.74, 6) is 0.879. The fourth-order valence-electron chi connectivity index (χ4n) is 2.48. The van der Waals surface area contributed by atoms with Gasteiger partial charge in [-0.15, -0.1) is 0 Å². The van der Waals surface area contributed by atoms with Gasteiger partial charge in [0, 0.05) is 37.6 Å². The van der Waals surface area contributed by atoms with Gasteiger partial charge in [0.1, 0.15) is 5.82 Å². The van der Waals surface area contributed by atoms with E-state index in [2.05, 4.69) is 15.2 Å². The van der Waals surface area contributed by atoms with E-state index >= 15 is 0 Å².